The van der Waals surface area contributed by atoms with Crippen LogP contribution in [0.15, 0.2) is 18.2 Å². The van der Waals surface area contributed by atoms with Crippen molar-refractivity contribution >= 4 is 15.7 Å². The molecule has 110 valence electrons. The van der Waals surface area contributed by atoms with E-state index in [1.807, 2.05) is 33.8 Å². The van der Waals surface area contributed by atoms with Crippen LogP contribution in [0.1, 0.15) is 31.9 Å². The van der Waals surface area contributed by atoms with Crippen molar-refractivity contribution in [2.75, 3.05) is 17.1 Å². The summed E-state index contributed by atoms with van der Waals surface area (Å²) in [5.74, 6) is 5.37. The topological polar surface area (TPSA) is 66.4 Å². The Balaban J connectivity index is 3.01. The fourth-order valence-electron chi connectivity index (χ4n) is 1.84. The van der Waals surface area contributed by atoms with Gasteiger partial charge < -0.3 is 5.11 Å². The van der Waals surface area contributed by atoms with Crippen LogP contribution in [-0.4, -0.2) is 25.9 Å². The van der Waals surface area contributed by atoms with Crippen molar-refractivity contribution in [1.29, 1.82) is 0 Å². The van der Waals surface area contributed by atoms with E-state index in [0.717, 1.165) is 5.56 Å². The number of hydrogen-bond donors (Lipinski definition) is 2. The second kappa shape index (κ2) is 6.29. The van der Waals surface area contributed by atoms with Crippen LogP contribution in [0.5, 0.6) is 0 Å². The number of nitrogens with one attached hydrogen (secondary N) is 1. The number of aryl methyl sites for hydroxylation is 1. The molecule has 0 radical (unpaired) electrons. The summed E-state index contributed by atoms with van der Waals surface area (Å²) in [6, 6.07) is 5.25. The molecule has 0 atom stereocenters. The van der Waals surface area contributed by atoms with Crippen molar-refractivity contribution in [1.82, 2.24) is 0 Å². The highest BCUT2D eigenvalue weighted by Gasteiger charge is 2.21. The largest absolute Gasteiger partial charge is 0.384 e. The SMILES string of the molecule is Cc1cc(C#CCO)cc(NS(=O)(=O)CC(C)(C)C)c1. The van der Waals surface area contributed by atoms with Gasteiger partial charge in [0.05, 0.1) is 5.75 Å². The van der Waals surface area contributed by atoms with Gasteiger partial charge in [0.1, 0.15) is 6.61 Å². The molecule has 5 heteroatoms. The lowest BCUT2D eigenvalue weighted by atomic mass is 10.0. The van der Waals surface area contributed by atoms with Gasteiger partial charge in [-0.1, -0.05) is 32.6 Å². The monoisotopic (exact) mass is 295 g/mol. The Kier molecular flexibility index (Phi) is 5.21. The minimum atomic E-state index is -3.39. The molecule has 0 heterocycles. The molecule has 0 aliphatic heterocycles. The lowest BCUT2D eigenvalue weighted by Gasteiger charge is -2.19. The summed E-state index contributed by atoms with van der Waals surface area (Å²) in [6.07, 6.45) is 0. The number of benzene rings is 1. The standard InChI is InChI=1S/C15H21NO3S/c1-12-8-13(6-5-7-17)10-14(9-12)16-20(18,19)11-15(2,3)4/h8-10,16-17H,7,11H2,1-4H3. The molecule has 0 aromatic heterocycles. The average molecular weight is 295 g/mol. The highest BCUT2D eigenvalue weighted by Crippen LogP contribution is 2.20. The summed E-state index contributed by atoms with van der Waals surface area (Å²) in [4.78, 5) is 0. The Bertz CT molecular complexity index is 631. The number of rotatable bonds is 3. The van der Waals surface area contributed by atoms with Crippen LogP contribution >= 0.6 is 0 Å². The lowest BCUT2D eigenvalue weighted by molar-refractivity contribution is 0.350. The third kappa shape index (κ3) is 6.09. The number of hydrogen-bond acceptors (Lipinski definition) is 3. The predicted octanol–water partition coefficient (Wildman–Crippen LogP) is 2.13. The molecule has 2 N–H and O–H groups in total. The molecule has 0 unspecified atom stereocenters. The first-order valence-electron chi connectivity index (χ1n) is 6.33. The van der Waals surface area contributed by atoms with E-state index in [1.54, 1.807) is 12.1 Å². The van der Waals surface area contributed by atoms with Crippen molar-refractivity contribution < 1.29 is 13.5 Å². The van der Waals surface area contributed by atoms with E-state index in [9.17, 15) is 8.42 Å². The van der Waals surface area contributed by atoms with Crippen molar-refractivity contribution in [3.63, 3.8) is 0 Å². The van der Waals surface area contributed by atoms with Crippen molar-refractivity contribution in [3.8, 4) is 11.8 Å². The molecule has 4 nitrogen and oxygen atoms in total. The summed E-state index contributed by atoms with van der Waals surface area (Å²) < 4.78 is 26.7. The first-order chi connectivity index (χ1) is 9.11. The van der Waals surface area contributed by atoms with Gasteiger partial charge in [-0.05, 0) is 36.1 Å². The first kappa shape index (κ1) is 16.5. The predicted molar refractivity (Wildman–Crippen MR) is 82.0 cm³/mol. The van der Waals surface area contributed by atoms with Crippen LogP contribution in [0, 0.1) is 24.2 Å². The van der Waals surface area contributed by atoms with Gasteiger partial charge in [-0.2, -0.15) is 0 Å². The molecule has 0 bridgehead atoms. The lowest BCUT2D eigenvalue weighted by Crippen LogP contribution is -2.26. The highest BCUT2D eigenvalue weighted by atomic mass is 32.2. The number of sulfonamides is 1. The van der Waals surface area contributed by atoms with Crippen LogP contribution in [0.4, 0.5) is 5.69 Å². The van der Waals surface area contributed by atoms with Crippen LogP contribution in [0.25, 0.3) is 0 Å². The average Bonchev–Trinajstić information content (AvgIpc) is 2.21. The third-order valence-corrected chi connectivity index (χ3v) is 4.08. The Labute approximate surface area is 121 Å². The van der Waals surface area contributed by atoms with E-state index in [1.165, 1.54) is 0 Å². The maximum atomic E-state index is 12.1. The van der Waals surface area contributed by atoms with Crippen molar-refractivity contribution in [2.24, 2.45) is 5.41 Å². The van der Waals surface area contributed by atoms with Crippen molar-refractivity contribution in [3.05, 3.63) is 29.3 Å². The number of aliphatic hydroxyl groups excluding tert-OH is 1. The van der Waals surface area contributed by atoms with E-state index in [4.69, 9.17) is 5.11 Å². The van der Waals surface area contributed by atoms with Gasteiger partial charge in [0, 0.05) is 11.3 Å². The van der Waals surface area contributed by atoms with E-state index in [-0.39, 0.29) is 17.8 Å². The molecule has 0 fully saturated rings. The Hall–Kier alpha value is -1.51. The van der Waals surface area contributed by atoms with E-state index in [2.05, 4.69) is 16.6 Å². The van der Waals surface area contributed by atoms with Crippen LogP contribution in [0.3, 0.4) is 0 Å². The van der Waals surface area contributed by atoms with Gasteiger partial charge in [0.2, 0.25) is 10.0 Å². The normalized spacial score (nSPS) is 11.7. The van der Waals surface area contributed by atoms with Crippen LogP contribution in [0.2, 0.25) is 0 Å². The third-order valence-electron chi connectivity index (χ3n) is 2.29. The van der Waals surface area contributed by atoms with E-state index < -0.39 is 10.0 Å². The smallest absolute Gasteiger partial charge is 0.233 e. The second-order valence-electron chi connectivity index (χ2n) is 5.97. The zero-order valence-corrected chi connectivity index (χ0v) is 13.1. The highest BCUT2D eigenvalue weighted by molar-refractivity contribution is 7.92. The summed E-state index contributed by atoms with van der Waals surface area (Å²) in [5.41, 5.74) is 1.77. The fraction of sp³-hybridized carbons (Fsp3) is 0.467. The molecule has 1 aromatic rings. The van der Waals surface area contributed by atoms with Gasteiger partial charge in [0.25, 0.3) is 0 Å². The molecule has 0 saturated carbocycles. The molecule has 1 aromatic carbocycles. The maximum absolute atomic E-state index is 12.1. The summed E-state index contributed by atoms with van der Waals surface area (Å²) in [6.45, 7) is 7.27. The molecule has 1 rings (SSSR count). The minimum absolute atomic E-state index is 0.0472. The van der Waals surface area contributed by atoms with Crippen LogP contribution < -0.4 is 4.72 Å². The zero-order valence-electron chi connectivity index (χ0n) is 12.3. The fourth-order valence-corrected chi connectivity index (χ4v) is 3.53. The molecule has 0 spiro atoms. The Morgan fingerprint density at radius 1 is 1.25 bits per heavy atom. The minimum Gasteiger partial charge on any atom is -0.384 e. The second-order valence-corrected chi connectivity index (χ2v) is 7.69. The Morgan fingerprint density at radius 2 is 1.90 bits per heavy atom. The Morgan fingerprint density at radius 3 is 2.45 bits per heavy atom. The summed E-state index contributed by atoms with van der Waals surface area (Å²) in [7, 11) is -3.39. The molecular formula is C15H21NO3S. The van der Waals surface area contributed by atoms with Gasteiger partial charge in [-0.25, -0.2) is 8.42 Å². The number of anilines is 1. The van der Waals surface area contributed by atoms with Gasteiger partial charge in [0.15, 0.2) is 0 Å². The molecule has 0 saturated heterocycles. The number of aliphatic hydroxyl groups is 1. The van der Waals surface area contributed by atoms with Crippen molar-refractivity contribution in [2.45, 2.75) is 27.7 Å². The van der Waals surface area contributed by atoms with Crippen LogP contribution in [-0.2, 0) is 10.0 Å². The van der Waals surface area contributed by atoms with Gasteiger partial charge >= 0.3 is 0 Å². The summed E-state index contributed by atoms with van der Waals surface area (Å²) in [5, 5.41) is 8.70. The maximum Gasteiger partial charge on any atom is 0.233 e. The zero-order chi connectivity index (χ0) is 15.4. The molecule has 0 aliphatic rings. The van der Waals surface area contributed by atoms with Gasteiger partial charge in [-0.15, -0.1) is 0 Å². The molecule has 0 amide bonds. The summed E-state index contributed by atoms with van der Waals surface area (Å²) >= 11 is 0. The molecule has 0 aliphatic carbocycles. The van der Waals surface area contributed by atoms with Gasteiger partial charge in [-0.3, -0.25) is 4.72 Å². The quantitative estimate of drug-likeness (QED) is 0.840. The molecule has 20 heavy (non-hydrogen) atoms. The van der Waals surface area contributed by atoms with E-state index in [0.29, 0.717) is 11.3 Å². The first-order valence-corrected chi connectivity index (χ1v) is 7.98. The molecular weight excluding hydrogens is 274 g/mol. The van der Waals surface area contributed by atoms with E-state index >= 15 is 0 Å².